The molecule has 0 bridgehead atoms. The zero-order chi connectivity index (χ0) is 20.5. The van der Waals surface area contributed by atoms with Gasteiger partial charge in [0.2, 0.25) is 5.91 Å². The summed E-state index contributed by atoms with van der Waals surface area (Å²) >= 11 is 3.43. The summed E-state index contributed by atoms with van der Waals surface area (Å²) < 4.78 is 6.25. The molecule has 3 atom stereocenters. The van der Waals surface area contributed by atoms with Gasteiger partial charge >= 0.3 is 6.03 Å². The summed E-state index contributed by atoms with van der Waals surface area (Å²) in [6.45, 7) is 0.293. The lowest BCUT2D eigenvalue weighted by Crippen LogP contribution is -2.73. The number of aliphatic hydroxyl groups is 1. The lowest BCUT2D eigenvalue weighted by atomic mass is 9.74. The molecular weight excluding hydrogens is 438 g/mol. The van der Waals surface area contributed by atoms with Gasteiger partial charge in [0.1, 0.15) is 12.3 Å². The molecule has 8 heteroatoms. The Morgan fingerprint density at radius 1 is 1.24 bits per heavy atom. The Hall–Kier alpha value is -2.58. The predicted octanol–water partition coefficient (Wildman–Crippen LogP) is 2.66. The standard InChI is InChI=1S/C21H22BrN3O4/c1-29-18-5-3-2-4-15(18)23-21(28)24-10-16-20(13-6-8-14(22)9-7-13)17(12-26)25(16)19(27)11-24/h2-9,16-17,20,26H,10-12H2,1H3,(H,23,28)/t16-,17+,20-/m1/s1. The number of benzene rings is 2. The van der Waals surface area contributed by atoms with Crippen molar-refractivity contribution in [2.24, 2.45) is 0 Å². The number of amides is 3. The lowest BCUT2D eigenvalue weighted by Gasteiger charge is -2.58. The van der Waals surface area contributed by atoms with E-state index in [1.165, 1.54) is 4.90 Å². The first-order valence-electron chi connectivity index (χ1n) is 9.40. The third-order valence-electron chi connectivity index (χ3n) is 5.64. The first-order valence-corrected chi connectivity index (χ1v) is 10.2. The average Bonchev–Trinajstić information content (AvgIpc) is 2.71. The van der Waals surface area contributed by atoms with E-state index < -0.39 is 0 Å². The van der Waals surface area contributed by atoms with Gasteiger partial charge in [0, 0.05) is 16.9 Å². The Bertz CT molecular complexity index is 920. The van der Waals surface area contributed by atoms with E-state index >= 15 is 0 Å². The molecule has 2 aliphatic rings. The minimum Gasteiger partial charge on any atom is -0.495 e. The van der Waals surface area contributed by atoms with Crippen molar-refractivity contribution in [1.29, 1.82) is 0 Å². The number of hydrogen-bond donors (Lipinski definition) is 2. The van der Waals surface area contributed by atoms with E-state index in [1.807, 2.05) is 36.4 Å². The second-order valence-electron chi connectivity index (χ2n) is 7.21. The van der Waals surface area contributed by atoms with E-state index in [0.29, 0.717) is 18.0 Å². The highest BCUT2D eigenvalue weighted by atomic mass is 79.9. The van der Waals surface area contributed by atoms with E-state index in [2.05, 4.69) is 21.2 Å². The summed E-state index contributed by atoms with van der Waals surface area (Å²) in [5.41, 5.74) is 1.61. The molecule has 0 saturated carbocycles. The van der Waals surface area contributed by atoms with Gasteiger partial charge in [-0.3, -0.25) is 4.79 Å². The van der Waals surface area contributed by atoms with Gasteiger partial charge in [-0.2, -0.15) is 0 Å². The fourth-order valence-corrected chi connectivity index (χ4v) is 4.55. The maximum atomic E-state index is 12.8. The molecule has 0 aliphatic carbocycles. The van der Waals surface area contributed by atoms with Crippen LogP contribution in [0.5, 0.6) is 5.75 Å². The molecule has 0 radical (unpaired) electrons. The molecule has 7 nitrogen and oxygen atoms in total. The zero-order valence-electron chi connectivity index (χ0n) is 15.9. The fourth-order valence-electron chi connectivity index (χ4n) is 4.28. The van der Waals surface area contributed by atoms with E-state index in [4.69, 9.17) is 4.74 Å². The predicted molar refractivity (Wildman–Crippen MR) is 112 cm³/mol. The molecule has 0 unspecified atom stereocenters. The van der Waals surface area contributed by atoms with Crippen LogP contribution in [0.15, 0.2) is 53.0 Å². The number of piperazine rings is 1. The zero-order valence-corrected chi connectivity index (χ0v) is 17.5. The number of carbonyl (C=O) groups is 2. The number of ether oxygens (including phenoxy) is 1. The number of aliphatic hydroxyl groups excluding tert-OH is 1. The highest BCUT2D eigenvalue weighted by Crippen LogP contribution is 2.43. The molecule has 2 heterocycles. The Kier molecular flexibility index (Phi) is 5.47. The van der Waals surface area contributed by atoms with Crippen molar-refractivity contribution >= 4 is 33.6 Å². The Balaban J connectivity index is 1.53. The van der Waals surface area contributed by atoms with Crippen LogP contribution >= 0.6 is 15.9 Å². The van der Waals surface area contributed by atoms with Crippen LogP contribution in [0.3, 0.4) is 0 Å². The molecule has 2 fully saturated rings. The molecule has 3 amide bonds. The molecule has 29 heavy (non-hydrogen) atoms. The second kappa shape index (κ2) is 8.04. The van der Waals surface area contributed by atoms with Crippen molar-refractivity contribution in [2.45, 2.75) is 18.0 Å². The number of nitrogens with one attached hydrogen (secondary N) is 1. The van der Waals surface area contributed by atoms with Crippen LogP contribution in [0.4, 0.5) is 10.5 Å². The average molecular weight is 460 g/mol. The van der Waals surface area contributed by atoms with Crippen LogP contribution in [0.25, 0.3) is 0 Å². The molecule has 2 aromatic carbocycles. The number of urea groups is 1. The number of methoxy groups -OCH3 is 1. The summed E-state index contributed by atoms with van der Waals surface area (Å²) in [4.78, 5) is 28.8. The van der Waals surface area contributed by atoms with E-state index in [1.54, 1.807) is 24.1 Å². The number of anilines is 1. The third kappa shape index (κ3) is 3.58. The monoisotopic (exact) mass is 459 g/mol. The lowest BCUT2D eigenvalue weighted by molar-refractivity contribution is -0.159. The quantitative estimate of drug-likeness (QED) is 0.736. The number of fused-ring (bicyclic) bond motifs is 1. The van der Waals surface area contributed by atoms with Crippen LogP contribution < -0.4 is 10.1 Å². The van der Waals surface area contributed by atoms with E-state index in [9.17, 15) is 14.7 Å². The number of rotatable bonds is 4. The number of halogens is 1. The molecule has 2 saturated heterocycles. The normalized spacial score (nSPS) is 23.3. The first-order chi connectivity index (χ1) is 14.0. The fraction of sp³-hybridized carbons (Fsp3) is 0.333. The highest BCUT2D eigenvalue weighted by Gasteiger charge is 2.54. The molecule has 2 aliphatic heterocycles. The summed E-state index contributed by atoms with van der Waals surface area (Å²) in [5.74, 6) is 0.394. The van der Waals surface area contributed by atoms with Crippen molar-refractivity contribution in [1.82, 2.24) is 9.80 Å². The maximum absolute atomic E-state index is 12.8. The Morgan fingerprint density at radius 2 is 1.97 bits per heavy atom. The van der Waals surface area contributed by atoms with Gasteiger partial charge in [0.05, 0.1) is 31.5 Å². The molecule has 0 aromatic heterocycles. The summed E-state index contributed by atoms with van der Waals surface area (Å²) in [7, 11) is 1.54. The summed E-state index contributed by atoms with van der Waals surface area (Å²) in [5, 5.41) is 12.7. The van der Waals surface area contributed by atoms with Gasteiger partial charge < -0.3 is 25.0 Å². The van der Waals surface area contributed by atoms with Gasteiger partial charge in [-0.25, -0.2) is 4.79 Å². The topological polar surface area (TPSA) is 82.1 Å². The number of nitrogens with zero attached hydrogens (tertiary/aromatic N) is 2. The Morgan fingerprint density at radius 3 is 2.66 bits per heavy atom. The maximum Gasteiger partial charge on any atom is 0.322 e. The van der Waals surface area contributed by atoms with Crippen molar-refractivity contribution < 1.29 is 19.4 Å². The molecular formula is C21H22BrN3O4. The minimum atomic E-state index is -0.343. The van der Waals surface area contributed by atoms with Crippen LogP contribution in [0.1, 0.15) is 11.5 Å². The number of hydrogen-bond acceptors (Lipinski definition) is 4. The van der Waals surface area contributed by atoms with Crippen molar-refractivity contribution in [3.8, 4) is 5.75 Å². The van der Waals surface area contributed by atoms with Gasteiger partial charge in [-0.1, -0.05) is 40.2 Å². The summed E-state index contributed by atoms with van der Waals surface area (Å²) in [6, 6.07) is 14.3. The van der Waals surface area contributed by atoms with Gasteiger partial charge in [0.15, 0.2) is 0 Å². The SMILES string of the molecule is COc1ccccc1NC(=O)N1CC(=O)N2[C@H](C1)[C@@H](c1ccc(Br)cc1)[C@@H]2CO. The van der Waals surface area contributed by atoms with Crippen molar-refractivity contribution in [3.05, 3.63) is 58.6 Å². The van der Waals surface area contributed by atoms with Crippen LogP contribution in [0, 0.1) is 0 Å². The molecule has 152 valence electrons. The molecule has 4 rings (SSSR count). The van der Waals surface area contributed by atoms with Crippen LogP contribution in [-0.4, -0.2) is 65.7 Å². The Labute approximate surface area is 177 Å². The number of para-hydroxylation sites is 2. The third-order valence-corrected chi connectivity index (χ3v) is 6.17. The number of carbonyl (C=O) groups excluding carboxylic acids is 2. The molecule has 2 N–H and O–H groups in total. The van der Waals surface area contributed by atoms with Gasteiger partial charge in [-0.15, -0.1) is 0 Å². The largest absolute Gasteiger partial charge is 0.495 e. The van der Waals surface area contributed by atoms with Crippen molar-refractivity contribution in [3.63, 3.8) is 0 Å². The highest BCUT2D eigenvalue weighted by molar-refractivity contribution is 9.10. The summed E-state index contributed by atoms with van der Waals surface area (Å²) in [6.07, 6.45) is 0. The molecule has 0 spiro atoms. The van der Waals surface area contributed by atoms with Gasteiger partial charge in [0.25, 0.3) is 0 Å². The van der Waals surface area contributed by atoms with Crippen LogP contribution in [0.2, 0.25) is 0 Å². The second-order valence-corrected chi connectivity index (χ2v) is 8.12. The van der Waals surface area contributed by atoms with Gasteiger partial charge in [-0.05, 0) is 29.8 Å². The van der Waals surface area contributed by atoms with Crippen molar-refractivity contribution in [2.75, 3.05) is 32.1 Å². The smallest absolute Gasteiger partial charge is 0.322 e. The van der Waals surface area contributed by atoms with E-state index in [0.717, 1.165) is 10.0 Å². The van der Waals surface area contributed by atoms with Crippen LogP contribution in [-0.2, 0) is 4.79 Å². The minimum absolute atomic E-state index is 0.0129. The van der Waals surface area contributed by atoms with E-state index in [-0.39, 0.29) is 43.1 Å². The molecule has 2 aromatic rings. The first kappa shape index (κ1) is 19.7.